The number of aryl methyl sites for hydroxylation is 1. The molecule has 100 valence electrons. The minimum atomic E-state index is -3.31. The van der Waals surface area contributed by atoms with Gasteiger partial charge in [-0.15, -0.1) is 0 Å². The van der Waals surface area contributed by atoms with E-state index in [-0.39, 0.29) is 23.2 Å². The summed E-state index contributed by atoms with van der Waals surface area (Å²) >= 11 is 0. The minimum Gasteiger partial charge on any atom is -0.293 e. The van der Waals surface area contributed by atoms with Gasteiger partial charge in [-0.2, -0.15) is 0 Å². The highest BCUT2D eigenvalue weighted by atomic mass is 32.2. The maximum atomic E-state index is 12.0. The van der Waals surface area contributed by atoms with Gasteiger partial charge in [0.2, 0.25) is 0 Å². The lowest BCUT2D eigenvalue weighted by Gasteiger charge is -2.09. The predicted octanol–water partition coefficient (Wildman–Crippen LogP) is 2.64. The van der Waals surface area contributed by atoms with Crippen LogP contribution < -0.4 is 0 Å². The molecule has 4 heteroatoms. The van der Waals surface area contributed by atoms with Crippen LogP contribution in [-0.2, 0) is 9.84 Å². The van der Waals surface area contributed by atoms with Crippen LogP contribution >= 0.6 is 0 Å². The van der Waals surface area contributed by atoms with Gasteiger partial charge < -0.3 is 0 Å². The Morgan fingerprint density at radius 1 is 1.28 bits per heavy atom. The maximum Gasteiger partial charge on any atom is 0.178 e. The van der Waals surface area contributed by atoms with Gasteiger partial charge in [-0.05, 0) is 18.4 Å². The van der Waals surface area contributed by atoms with E-state index in [1.54, 1.807) is 12.1 Å². The molecule has 1 unspecified atom stereocenters. The summed E-state index contributed by atoms with van der Waals surface area (Å²) in [7, 11) is -3.31. The van der Waals surface area contributed by atoms with Gasteiger partial charge in [-0.3, -0.25) is 4.79 Å². The van der Waals surface area contributed by atoms with Gasteiger partial charge in [0, 0.05) is 5.56 Å². The summed E-state index contributed by atoms with van der Waals surface area (Å²) in [6, 6.07) is 7.08. The molecule has 0 heterocycles. The Morgan fingerprint density at radius 3 is 2.44 bits per heavy atom. The van der Waals surface area contributed by atoms with Crippen LogP contribution in [0.5, 0.6) is 0 Å². The summed E-state index contributed by atoms with van der Waals surface area (Å²) < 4.78 is 23.7. The zero-order chi connectivity index (χ0) is 13.8. The van der Waals surface area contributed by atoms with Crippen molar-refractivity contribution < 1.29 is 13.2 Å². The van der Waals surface area contributed by atoms with Crippen LogP contribution in [0.3, 0.4) is 0 Å². The summed E-state index contributed by atoms with van der Waals surface area (Å²) in [6.07, 6.45) is 0.803. The van der Waals surface area contributed by atoms with Crippen molar-refractivity contribution in [1.29, 1.82) is 0 Å². The van der Waals surface area contributed by atoms with Crippen LogP contribution in [-0.4, -0.2) is 25.7 Å². The molecule has 18 heavy (non-hydrogen) atoms. The fourth-order valence-electron chi connectivity index (χ4n) is 1.77. The van der Waals surface area contributed by atoms with E-state index in [0.717, 1.165) is 12.0 Å². The van der Waals surface area contributed by atoms with E-state index in [1.807, 2.05) is 32.9 Å². The van der Waals surface area contributed by atoms with Crippen molar-refractivity contribution in [2.45, 2.75) is 27.2 Å². The molecule has 0 saturated carbocycles. The fourth-order valence-corrected chi connectivity index (χ4v) is 3.55. The van der Waals surface area contributed by atoms with Gasteiger partial charge in [0.25, 0.3) is 0 Å². The van der Waals surface area contributed by atoms with E-state index in [0.29, 0.717) is 5.56 Å². The topological polar surface area (TPSA) is 51.2 Å². The second-order valence-corrected chi connectivity index (χ2v) is 6.92. The molecular weight excluding hydrogens is 248 g/mol. The zero-order valence-electron chi connectivity index (χ0n) is 11.1. The number of Topliss-reactive ketones (excluding diaryl/α,β-unsaturated/α-hetero) is 1. The molecule has 0 spiro atoms. The average molecular weight is 268 g/mol. The van der Waals surface area contributed by atoms with Crippen LogP contribution in [0.1, 0.15) is 36.2 Å². The molecule has 1 aromatic rings. The molecule has 0 radical (unpaired) electrons. The molecule has 1 atom stereocenters. The lowest BCUT2D eigenvalue weighted by Crippen LogP contribution is -2.22. The first-order valence-electron chi connectivity index (χ1n) is 6.15. The fraction of sp³-hybridized carbons (Fsp3) is 0.500. The molecule has 3 nitrogen and oxygen atoms in total. The maximum absolute atomic E-state index is 12.0. The molecule has 0 aliphatic heterocycles. The van der Waals surface area contributed by atoms with Gasteiger partial charge in [0.05, 0.1) is 5.75 Å². The molecule has 1 aromatic carbocycles. The smallest absolute Gasteiger partial charge is 0.178 e. The highest BCUT2D eigenvalue weighted by Gasteiger charge is 2.20. The minimum absolute atomic E-state index is 0.0844. The second kappa shape index (κ2) is 6.14. The van der Waals surface area contributed by atoms with E-state index in [1.165, 1.54) is 0 Å². The van der Waals surface area contributed by atoms with Crippen molar-refractivity contribution >= 4 is 15.6 Å². The van der Waals surface area contributed by atoms with Crippen molar-refractivity contribution in [1.82, 2.24) is 0 Å². The van der Waals surface area contributed by atoms with E-state index >= 15 is 0 Å². The number of ketones is 1. The van der Waals surface area contributed by atoms with Crippen LogP contribution in [0.2, 0.25) is 0 Å². The average Bonchev–Trinajstić information content (AvgIpc) is 2.27. The third kappa shape index (κ3) is 4.26. The highest BCUT2D eigenvalue weighted by Crippen LogP contribution is 2.12. The molecule has 0 amide bonds. The Bertz CT molecular complexity index is 518. The molecule has 0 N–H and O–H groups in total. The first-order valence-corrected chi connectivity index (χ1v) is 7.97. The molecule has 0 aliphatic carbocycles. The predicted molar refractivity (Wildman–Crippen MR) is 73.6 cm³/mol. The van der Waals surface area contributed by atoms with Gasteiger partial charge in [0.1, 0.15) is 5.75 Å². The van der Waals surface area contributed by atoms with Gasteiger partial charge in [-0.1, -0.05) is 44.5 Å². The van der Waals surface area contributed by atoms with Gasteiger partial charge in [-0.25, -0.2) is 8.42 Å². The number of benzene rings is 1. The Kier molecular flexibility index (Phi) is 5.08. The third-order valence-electron chi connectivity index (χ3n) is 3.03. The number of carbonyl (C=O) groups is 1. The first-order chi connectivity index (χ1) is 8.35. The zero-order valence-corrected chi connectivity index (χ0v) is 12.0. The number of hydrogen-bond donors (Lipinski definition) is 0. The molecule has 1 rings (SSSR count). The second-order valence-electron chi connectivity index (χ2n) is 4.81. The van der Waals surface area contributed by atoms with E-state index < -0.39 is 9.84 Å². The molecule has 0 aliphatic rings. The van der Waals surface area contributed by atoms with E-state index in [2.05, 4.69) is 0 Å². The highest BCUT2D eigenvalue weighted by molar-refractivity contribution is 7.92. The van der Waals surface area contributed by atoms with Gasteiger partial charge >= 0.3 is 0 Å². The Labute approximate surface area is 109 Å². The molecule has 0 bridgehead atoms. The van der Waals surface area contributed by atoms with Crippen LogP contribution in [0.25, 0.3) is 0 Å². The monoisotopic (exact) mass is 268 g/mol. The van der Waals surface area contributed by atoms with Gasteiger partial charge in [0.15, 0.2) is 15.6 Å². The SMILES string of the molecule is CCC(C)CS(=O)(=O)CC(=O)c1ccccc1C. The van der Waals surface area contributed by atoms with E-state index in [9.17, 15) is 13.2 Å². The Morgan fingerprint density at radius 2 is 1.89 bits per heavy atom. The summed E-state index contributed by atoms with van der Waals surface area (Å²) in [5, 5.41) is 0. The largest absolute Gasteiger partial charge is 0.293 e. The van der Waals surface area contributed by atoms with E-state index in [4.69, 9.17) is 0 Å². The third-order valence-corrected chi connectivity index (χ3v) is 4.81. The first kappa shape index (κ1) is 14.9. The lowest BCUT2D eigenvalue weighted by molar-refractivity contribution is 0.102. The van der Waals surface area contributed by atoms with Crippen LogP contribution in [0.15, 0.2) is 24.3 Å². The lowest BCUT2D eigenvalue weighted by atomic mass is 10.1. The molecular formula is C14H20O3S. The normalized spacial score (nSPS) is 13.3. The van der Waals surface area contributed by atoms with Crippen molar-refractivity contribution in [3.63, 3.8) is 0 Å². The Balaban J connectivity index is 2.80. The summed E-state index contributed by atoms with van der Waals surface area (Å²) in [5.41, 5.74) is 1.33. The van der Waals surface area contributed by atoms with Crippen LogP contribution in [0.4, 0.5) is 0 Å². The quantitative estimate of drug-likeness (QED) is 0.745. The van der Waals surface area contributed by atoms with Crippen LogP contribution in [0, 0.1) is 12.8 Å². The van der Waals surface area contributed by atoms with Crippen molar-refractivity contribution in [3.8, 4) is 0 Å². The van der Waals surface area contributed by atoms with Crippen molar-refractivity contribution in [3.05, 3.63) is 35.4 Å². The number of sulfone groups is 1. The van der Waals surface area contributed by atoms with Crippen molar-refractivity contribution in [2.75, 3.05) is 11.5 Å². The molecule has 0 fully saturated rings. The standard InChI is InChI=1S/C14H20O3S/c1-4-11(2)9-18(16,17)10-14(15)13-8-6-5-7-12(13)3/h5-8,11H,4,9-10H2,1-3H3. The molecule has 0 aromatic heterocycles. The number of hydrogen-bond acceptors (Lipinski definition) is 3. The van der Waals surface area contributed by atoms with Crippen molar-refractivity contribution in [2.24, 2.45) is 5.92 Å². The number of carbonyl (C=O) groups excluding carboxylic acids is 1. The summed E-state index contributed by atoms with van der Waals surface area (Å²) in [4.78, 5) is 12.0. The number of rotatable bonds is 6. The summed E-state index contributed by atoms with van der Waals surface area (Å²) in [5.74, 6) is -0.514. The molecule has 0 saturated heterocycles. The summed E-state index contributed by atoms with van der Waals surface area (Å²) in [6.45, 7) is 5.65. The Hall–Kier alpha value is -1.16.